The van der Waals surface area contributed by atoms with Gasteiger partial charge >= 0.3 is 0 Å². The van der Waals surface area contributed by atoms with Crippen molar-refractivity contribution in [2.24, 2.45) is 0 Å². The van der Waals surface area contributed by atoms with Crippen molar-refractivity contribution >= 4 is 29.0 Å². The molecule has 3 rings (SSSR count). The molecule has 0 aliphatic carbocycles. The van der Waals surface area contributed by atoms with E-state index in [0.29, 0.717) is 5.76 Å². The molecule has 0 atom stereocenters. The van der Waals surface area contributed by atoms with Crippen LogP contribution in [0.4, 0.5) is 15.8 Å². The van der Waals surface area contributed by atoms with Crippen LogP contribution in [0.2, 0.25) is 0 Å². The van der Waals surface area contributed by atoms with Crippen LogP contribution in [0.15, 0.2) is 50.7 Å². The van der Waals surface area contributed by atoms with Crippen LogP contribution >= 0.6 is 11.8 Å². The first-order valence-electron chi connectivity index (χ1n) is 6.77. The number of nitro groups is 1. The van der Waals surface area contributed by atoms with Gasteiger partial charge in [0.1, 0.15) is 11.5 Å². The van der Waals surface area contributed by atoms with Gasteiger partial charge < -0.3 is 14.2 Å². The second kappa shape index (κ2) is 7.13. The Morgan fingerprint density at radius 1 is 1.36 bits per heavy atom. The van der Waals surface area contributed by atoms with Crippen LogP contribution in [-0.4, -0.2) is 26.8 Å². The summed E-state index contributed by atoms with van der Waals surface area (Å²) in [5.41, 5.74) is -0.630. The molecule has 0 spiro atoms. The van der Waals surface area contributed by atoms with Crippen LogP contribution in [-0.2, 0) is 4.79 Å². The molecule has 9 nitrogen and oxygen atoms in total. The number of carbonyl (C=O) groups excluding carboxylic acids is 1. The maximum Gasteiger partial charge on any atom is 0.295 e. The quantitative estimate of drug-likeness (QED) is 0.402. The average Bonchev–Trinajstić information content (AvgIpc) is 3.25. The molecule has 0 radical (unpaired) electrons. The number of rotatable bonds is 6. The monoisotopic (exact) mass is 364 g/mol. The number of nitro benzene ring substituents is 1. The molecule has 0 saturated carbocycles. The van der Waals surface area contributed by atoms with Crippen LogP contribution < -0.4 is 5.32 Å². The molecule has 0 unspecified atom stereocenters. The maximum atomic E-state index is 13.1. The molecule has 0 aliphatic heterocycles. The third-order valence-electron chi connectivity index (χ3n) is 2.90. The van der Waals surface area contributed by atoms with E-state index in [1.165, 1.54) is 6.26 Å². The third kappa shape index (κ3) is 4.01. The molecule has 0 fully saturated rings. The molecule has 2 heterocycles. The first-order chi connectivity index (χ1) is 12.0. The van der Waals surface area contributed by atoms with Gasteiger partial charge in [0.2, 0.25) is 5.91 Å². The number of nitrogens with zero attached hydrogens (tertiary/aromatic N) is 3. The fourth-order valence-electron chi connectivity index (χ4n) is 1.84. The fraction of sp³-hybridized carbons (Fsp3) is 0.0714. The highest BCUT2D eigenvalue weighted by Gasteiger charge is 2.18. The minimum Gasteiger partial charge on any atom is -0.459 e. The first kappa shape index (κ1) is 16.6. The Labute approximate surface area is 143 Å². The second-order valence-corrected chi connectivity index (χ2v) is 5.53. The Balaban J connectivity index is 1.61. The summed E-state index contributed by atoms with van der Waals surface area (Å²) >= 11 is 0.945. The van der Waals surface area contributed by atoms with Crippen molar-refractivity contribution in [3.8, 4) is 11.7 Å². The summed E-state index contributed by atoms with van der Waals surface area (Å²) in [5, 5.41) is 20.9. The van der Waals surface area contributed by atoms with Gasteiger partial charge in [0.05, 0.1) is 23.0 Å². The van der Waals surface area contributed by atoms with Gasteiger partial charge in [-0.25, -0.2) is 4.39 Å². The lowest BCUT2D eigenvalue weighted by Crippen LogP contribution is -2.15. The minimum atomic E-state index is -0.778. The molecular formula is C14H9FN4O5S. The van der Waals surface area contributed by atoms with Gasteiger partial charge in [-0.1, -0.05) is 11.8 Å². The highest BCUT2D eigenvalue weighted by atomic mass is 32.2. The van der Waals surface area contributed by atoms with Crippen molar-refractivity contribution in [1.29, 1.82) is 0 Å². The molecule has 3 aromatic rings. The highest BCUT2D eigenvalue weighted by Crippen LogP contribution is 2.26. The summed E-state index contributed by atoms with van der Waals surface area (Å²) in [6, 6.07) is 6.18. The van der Waals surface area contributed by atoms with Crippen molar-refractivity contribution < 1.29 is 22.9 Å². The summed E-state index contributed by atoms with van der Waals surface area (Å²) in [4.78, 5) is 22.0. The molecule has 0 bridgehead atoms. The van der Waals surface area contributed by atoms with E-state index in [0.717, 1.165) is 30.0 Å². The van der Waals surface area contributed by atoms with E-state index >= 15 is 0 Å². The van der Waals surface area contributed by atoms with E-state index in [2.05, 4.69) is 15.5 Å². The normalized spacial score (nSPS) is 10.6. The largest absolute Gasteiger partial charge is 0.459 e. The van der Waals surface area contributed by atoms with Gasteiger partial charge in [-0.3, -0.25) is 14.9 Å². The Bertz CT molecular complexity index is 912. The SMILES string of the molecule is O=C(CSc1nnc(-c2ccco2)o1)Nc1ccc(F)cc1[N+](=O)[O-]. The van der Waals surface area contributed by atoms with Gasteiger partial charge in [0.25, 0.3) is 16.8 Å². The predicted molar refractivity (Wildman–Crippen MR) is 84.4 cm³/mol. The molecule has 0 aliphatic rings. The van der Waals surface area contributed by atoms with Crippen molar-refractivity contribution in [3.63, 3.8) is 0 Å². The Morgan fingerprint density at radius 3 is 2.92 bits per heavy atom. The van der Waals surface area contributed by atoms with Gasteiger partial charge in [0.15, 0.2) is 5.76 Å². The lowest BCUT2D eigenvalue weighted by atomic mass is 10.2. The van der Waals surface area contributed by atoms with E-state index in [1.54, 1.807) is 12.1 Å². The molecule has 1 amide bonds. The number of furan rings is 1. The second-order valence-electron chi connectivity index (χ2n) is 4.61. The zero-order chi connectivity index (χ0) is 17.8. The fourth-order valence-corrected chi connectivity index (χ4v) is 2.41. The highest BCUT2D eigenvalue weighted by molar-refractivity contribution is 7.99. The lowest BCUT2D eigenvalue weighted by molar-refractivity contribution is -0.384. The number of halogens is 1. The number of carbonyl (C=O) groups is 1. The Morgan fingerprint density at radius 2 is 2.20 bits per heavy atom. The third-order valence-corrected chi connectivity index (χ3v) is 3.71. The molecule has 1 N–H and O–H groups in total. The lowest BCUT2D eigenvalue weighted by Gasteiger charge is -2.05. The summed E-state index contributed by atoms with van der Waals surface area (Å²) in [7, 11) is 0. The van der Waals surface area contributed by atoms with Crippen molar-refractivity contribution in [1.82, 2.24) is 10.2 Å². The average molecular weight is 364 g/mol. The van der Waals surface area contributed by atoms with Crippen molar-refractivity contribution in [2.45, 2.75) is 5.22 Å². The number of nitrogens with one attached hydrogen (secondary N) is 1. The standard InChI is InChI=1S/C14H9FN4O5S/c15-8-3-4-9(10(6-8)19(21)22)16-12(20)7-25-14-18-17-13(24-14)11-2-1-5-23-11/h1-6H,7H2,(H,16,20). The van der Waals surface area contributed by atoms with Gasteiger partial charge in [-0.15, -0.1) is 10.2 Å². The number of aromatic nitrogens is 2. The molecule has 128 valence electrons. The number of benzene rings is 1. The van der Waals surface area contributed by atoms with E-state index < -0.39 is 22.3 Å². The number of thioether (sulfide) groups is 1. The summed E-state index contributed by atoms with van der Waals surface area (Å²) in [6.45, 7) is 0. The summed E-state index contributed by atoms with van der Waals surface area (Å²) in [6.07, 6.45) is 1.45. The van der Waals surface area contributed by atoms with Crippen LogP contribution in [0.5, 0.6) is 0 Å². The zero-order valence-corrected chi connectivity index (χ0v) is 13.2. The minimum absolute atomic E-state index is 0.0983. The van der Waals surface area contributed by atoms with Gasteiger partial charge in [0, 0.05) is 0 Å². The molecule has 0 saturated heterocycles. The van der Waals surface area contributed by atoms with Crippen molar-refractivity contribution in [3.05, 3.63) is 52.5 Å². The molecule has 2 aromatic heterocycles. The van der Waals surface area contributed by atoms with Crippen LogP contribution in [0.3, 0.4) is 0 Å². The van der Waals surface area contributed by atoms with E-state index in [9.17, 15) is 19.3 Å². The number of amides is 1. The molecular weight excluding hydrogens is 355 g/mol. The van der Waals surface area contributed by atoms with E-state index in [-0.39, 0.29) is 22.6 Å². The molecule has 25 heavy (non-hydrogen) atoms. The number of hydrogen-bond acceptors (Lipinski definition) is 8. The van der Waals surface area contributed by atoms with E-state index in [4.69, 9.17) is 8.83 Å². The van der Waals surface area contributed by atoms with Crippen molar-refractivity contribution in [2.75, 3.05) is 11.1 Å². The smallest absolute Gasteiger partial charge is 0.295 e. The zero-order valence-electron chi connectivity index (χ0n) is 12.3. The van der Waals surface area contributed by atoms with Crippen LogP contribution in [0, 0.1) is 15.9 Å². The van der Waals surface area contributed by atoms with Gasteiger partial charge in [-0.05, 0) is 24.3 Å². The molecule has 1 aromatic carbocycles. The predicted octanol–water partition coefficient (Wildman–Crippen LogP) is 3.11. The first-order valence-corrected chi connectivity index (χ1v) is 7.75. The maximum absolute atomic E-state index is 13.1. The number of hydrogen-bond donors (Lipinski definition) is 1. The molecule has 11 heteroatoms. The van der Waals surface area contributed by atoms with E-state index in [1.807, 2.05) is 0 Å². The Kier molecular flexibility index (Phi) is 4.75. The summed E-state index contributed by atoms with van der Waals surface area (Å²) < 4.78 is 23.5. The van der Waals surface area contributed by atoms with Crippen LogP contribution in [0.1, 0.15) is 0 Å². The number of anilines is 1. The topological polar surface area (TPSA) is 124 Å². The van der Waals surface area contributed by atoms with Crippen LogP contribution in [0.25, 0.3) is 11.7 Å². The summed E-state index contributed by atoms with van der Waals surface area (Å²) in [5.74, 6) is -0.880. The Hall–Kier alpha value is -3.21. The van der Waals surface area contributed by atoms with Gasteiger partial charge in [-0.2, -0.15) is 0 Å².